The van der Waals surface area contributed by atoms with Crippen LogP contribution in [-0.4, -0.2) is 46.0 Å². The van der Waals surface area contributed by atoms with Crippen LogP contribution >= 0.6 is 11.8 Å². The number of imidazole rings is 1. The Kier molecular flexibility index (Phi) is 4.30. The van der Waals surface area contributed by atoms with Crippen LogP contribution in [0.5, 0.6) is 0 Å². The molecular weight excluding hydrogens is 238 g/mol. The molecule has 17 heavy (non-hydrogen) atoms. The molecule has 1 aromatic heterocycles. The second-order valence-corrected chi connectivity index (χ2v) is 4.86. The van der Waals surface area contributed by atoms with Crippen LogP contribution in [0.15, 0.2) is 17.6 Å². The molecule has 0 unspecified atom stereocenters. The molecule has 94 valence electrons. The zero-order chi connectivity index (χ0) is 12.1. The first-order chi connectivity index (χ1) is 8.31. The fourth-order valence-corrected chi connectivity index (χ4v) is 2.67. The van der Waals surface area contributed by atoms with Crippen LogP contribution in [0.1, 0.15) is 13.3 Å². The van der Waals surface area contributed by atoms with E-state index in [2.05, 4.69) is 16.5 Å². The molecule has 2 rings (SSSR count). The number of thioether (sulfide) groups is 1. The summed E-state index contributed by atoms with van der Waals surface area (Å²) in [6, 6.07) is 0. The highest BCUT2D eigenvalue weighted by Gasteiger charge is 2.20. The second kappa shape index (κ2) is 5.95. The normalized spacial score (nSPS) is 15.4. The molecule has 1 amide bonds. The number of ether oxygens (including phenoxy) is 1. The molecule has 0 bridgehead atoms. The summed E-state index contributed by atoms with van der Waals surface area (Å²) in [7, 11) is 0. The van der Waals surface area contributed by atoms with Gasteiger partial charge < -0.3 is 14.2 Å². The summed E-state index contributed by atoms with van der Waals surface area (Å²) in [5, 5.41) is 1.05. The SMILES string of the molecule is CCn1ccnc1SCCCN1CCOC1=O. The standard InChI is InChI=1S/C11H17N3O2S/c1-2-13-6-4-12-10(13)17-9-3-5-14-7-8-16-11(14)15/h4,6H,2-3,5,7-9H2,1H3. The largest absolute Gasteiger partial charge is 0.448 e. The molecule has 1 aliphatic rings. The van der Waals surface area contributed by atoms with Crippen LogP contribution in [0, 0.1) is 0 Å². The molecule has 1 aromatic rings. The quantitative estimate of drug-likeness (QED) is 0.575. The molecule has 1 aliphatic heterocycles. The van der Waals surface area contributed by atoms with E-state index in [1.54, 1.807) is 16.7 Å². The van der Waals surface area contributed by atoms with Gasteiger partial charge in [0.05, 0.1) is 6.54 Å². The maximum Gasteiger partial charge on any atom is 0.409 e. The summed E-state index contributed by atoms with van der Waals surface area (Å²) in [5.41, 5.74) is 0. The van der Waals surface area contributed by atoms with E-state index in [0.717, 1.165) is 37.0 Å². The lowest BCUT2D eigenvalue weighted by Crippen LogP contribution is -2.25. The van der Waals surface area contributed by atoms with Gasteiger partial charge >= 0.3 is 6.09 Å². The van der Waals surface area contributed by atoms with Crippen molar-refractivity contribution in [2.24, 2.45) is 0 Å². The lowest BCUT2D eigenvalue weighted by Gasteiger charge is -2.11. The van der Waals surface area contributed by atoms with Crippen LogP contribution < -0.4 is 0 Å². The van der Waals surface area contributed by atoms with Gasteiger partial charge in [0.15, 0.2) is 5.16 Å². The molecule has 0 spiro atoms. The van der Waals surface area contributed by atoms with Gasteiger partial charge in [0, 0.05) is 31.2 Å². The number of hydrogen-bond donors (Lipinski definition) is 0. The van der Waals surface area contributed by atoms with Gasteiger partial charge in [-0.3, -0.25) is 0 Å². The second-order valence-electron chi connectivity index (χ2n) is 3.80. The van der Waals surface area contributed by atoms with E-state index < -0.39 is 0 Å². The first-order valence-electron chi connectivity index (χ1n) is 5.87. The molecule has 2 heterocycles. The third-order valence-corrected chi connectivity index (χ3v) is 3.76. The average Bonchev–Trinajstić information content (AvgIpc) is 2.93. The Balaban J connectivity index is 1.68. The van der Waals surface area contributed by atoms with Crippen LogP contribution in [0.4, 0.5) is 4.79 Å². The van der Waals surface area contributed by atoms with E-state index >= 15 is 0 Å². The van der Waals surface area contributed by atoms with Crippen molar-refractivity contribution >= 4 is 17.9 Å². The minimum Gasteiger partial charge on any atom is -0.448 e. The number of rotatable bonds is 6. The molecule has 0 atom stereocenters. The number of cyclic esters (lactones) is 1. The summed E-state index contributed by atoms with van der Waals surface area (Å²) >= 11 is 1.74. The molecule has 0 N–H and O–H groups in total. The summed E-state index contributed by atoms with van der Waals surface area (Å²) in [4.78, 5) is 17.2. The number of hydrogen-bond acceptors (Lipinski definition) is 4. The van der Waals surface area contributed by atoms with Crippen LogP contribution in [0.25, 0.3) is 0 Å². The van der Waals surface area contributed by atoms with Crippen molar-refractivity contribution in [3.05, 3.63) is 12.4 Å². The number of nitrogens with zero attached hydrogens (tertiary/aromatic N) is 3. The maximum absolute atomic E-state index is 11.2. The molecule has 5 nitrogen and oxygen atoms in total. The molecule has 6 heteroatoms. The minimum atomic E-state index is -0.176. The fourth-order valence-electron chi connectivity index (χ4n) is 1.72. The van der Waals surface area contributed by atoms with E-state index in [-0.39, 0.29) is 6.09 Å². The lowest BCUT2D eigenvalue weighted by atomic mass is 10.4. The van der Waals surface area contributed by atoms with Crippen molar-refractivity contribution in [1.82, 2.24) is 14.5 Å². The summed E-state index contributed by atoms with van der Waals surface area (Å²) in [6.07, 6.45) is 4.60. The predicted octanol–water partition coefficient (Wildman–Crippen LogP) is 1.84. The maximum atomic E-state index is 11.2. The Morgan fingerprint density at radius 2 is 2.47 bits per heavy atom. The molecule has 0 radical (unpaired) electrons. The minimum absolute atomic E-state index is 0.176. The number of aromatic nitrogens is 2. The third kappa shape index (κ3) is 3.15. The van der Waals surface area contributed by atoms with Gasteiger partial charge in [-0.05, 0) is 13.3 Å². The van der Waals surface area contributed by atoms with Crippen molar-refractivity contribution in [2.75, 3.05) is 25.4 Å². The highest BCUT2D eigenvalue weighted by Crippen LogP contribution is 2.17. The van der Waals surface area contributed by atoms with Crippen molar-refractivity contribution in [3.63, 3.8) is 0 Å². The number of carbonyl (C=O) groups excluding carboxylic acids is 1. The van der Waals surface area contributed by atoms with E-state index in [1.807, 2.05) is 12.4 Å². The highest BCUT2D eigenvalue weighted by molar-refractivity contribution is 7.99. The Morgan fingerprint density at radius 3 is 3.18 bits per heavy atom. The molecule has 0 saturated carbocycles. The van der Waals surface area contributed by atoms with Crippen molar-refractivity contribution in [1.29, 1.82) is 0 Å². The third-order valence-electron chi connectivity index (χ3n) is 2.67. The summed E-state index contributed by atoms with van der Waals surface area (Å²) < 4.78 is 6.99. The number of carbonyl (C=O) groups is 1. The monoisotopic (exact) mass is 255 g/mol. The Bertz CT molecular complexity index is 381. The van der Waals surface area contributed by atoms with Gasteiger partial charge in [-0.2, -0.15) is 0 Å². The number of aryl methyl sites for hydroxylation is 1. The summed E-state index contributed by atoms with van der Waals surface area (Å²) in [5.74, 6) is 0.973. The van der Waals surface area contributed by atoms with E-state index in [4.69, 9.17) is 4.74 Å². The molecule has 0 aliphatic carbocycles. The van der Waals surface area contributed by atoms with Gasteiger partial charge in [-0.15, -0.1) is 0 Å². The van der Waals surface area contributed by atoms with Gasteiger partial charge in [0.2, 0.25) is 0 Å². The van der Waals surface area contributed by atoms with Crippen molar-refractivity contribution in [3.8, 4) is 0 Å². The van der Waals surface area contributed by atoms with Gasteiger partial charge in [0.25, 0.3) is 0 Å². The molecular formula is C11H17N3O2S. The lowest BCUT2D eigenvalue weighted by molar-refractivity contribution is 0.158. The average molecular weight is 255 g/mol. The van der Waals surface area contributed by atoms with Crippen molar-refractivity contribution < 1.29 is 9.53 Å². The zero-order valence-electron chi connectivity index (χ0n) is 9.96. The van der Waals surface area contributed by atoms with Crippen LogP contribution in [0.2, 0.25) is 0 Å². The molecule has 1 fully saturated rings. The molecule has 1 saturated heterocycles. The first kappa shape index (κ1) is 12.3. The highest BCUT2D eigenvalue weighted by atomic mass is 32.2. The van der Waals surface area contributed by atoms with Gasteiger partial charge in [0.1, 0.15) is 6.61 Å². The first-order valence-corrected chi connectivity index (χ1v) is 6.85. The predicted molar refractivity (Wildman–Crippen MR) is 66.2 cm³/mol. The Labute approximate surface area is 105 Å². The van der Waals surface area contributed by atoms with Gasteiger partial charge in [-0.1, -0.05) is 11.8 Å². The van der Waals surface area contributed by atoms with Crippen LogP contribution in [-0.2, 0) is 11.3 Å². The number of amides is 1. The van der Waals surface area contributed by atoms with Crippen LogP contribution in [0.3, 0.4) is 0 Å². The summed E-state index contributed by atoms with van der Waals surface area (Å²) in [6.45, 7) is 5.09. The van der Waals surface area contributed by atoms with E-state index in [1.165, 1.54) is 0 Å². The Hall–Kier alpha value is -1.17. The van der Waals surface area contributed by atoms with Crippen molar-refractivity contribution in [2.45, 2.75) is 25.0 Å². The van der Waals surface area contributed by atoms with E-state index in [0.29, 0.717) is 6.61 Å². The zero-order valence-corrected chi connectivity index (χ0v) is 10.8. The topological polar surface area (TPSA) is 47.4 Å². The Morgan fingerprint density at radius 1 is 1.59 bits per heavy atom. The fraction of sp³-hybridized carbons (Fsp3) is 0.636. The van der Waals surface area contributed by atoms with E-state index in [9.17, 15) is 4.79 Å². The smallest absolute Gasteiger partial charge is 0.409 e. The van der Waals surface area contributed by atoms with Gasteiger partial charge in [-0.25, -0.2) is 9.78 Å². The molecule has 0 aromatic carbocycles.